The Morgan fingerprint density at radius 1 is 1.42 bits per heavy atom. The second-order valence-corrected chi connectivity index (χ2v) is 8.82. The van der Waals surface area contributed by atoms with Crippen LogP contribution in [0.1, 0.15) is 41.0 Å². The number of hydrogen-bond donors (Lipinski definition) is 1. The average Bonchev–Trinajstić information content (AvgIpc) is 2.74. The highest BCUT2D eigenvalue weighted by molar-refractivity contribution is 9.10. The summed E-state index contributed by atoms with van der Waals surface area (Å²) < 4.78 is 11.9. The molecule has 1 heterocycles. The van der Waals surface area contributed by atoms with Crippen LogP contribution in [-0.2, 0) is 4.74 Å². The van der Waals surface area contributed by atoms with Crippen molar-refractivity contribution in [1.29, 1.82) is 0 Å². The number of nitrogens with zero attached hydrogens (tertiary/aromatic N) is 1. The zero-order valence-electron chi connectivity index (χ0n) is 14.9. The van der Waals surface area contributed by atoms with Gasteiger partial charge in [0.1, 0.15) is 28.2 Å². The molecule has 1 aromatic rings. The van der Waals surface area contributed by atoms with Crippen molar-refractivity contribution in [3.63, 3.8) is 0 Å². The van der Waals surface area contributed by atoms with E-state index in [1.165, 1.54) is 0 Å². The van der Waals surface area contributed by atoms with E-state index in [1.807, 2.05) is 20.8 Å². The molecule has 0 radical (unpaired) electrons. The van der Waals surface area contributed by atoms with Gasteiger partial charge in [-0.25, -0.2) is 4.79 Å². The van der Waals surface area contributed by atoms with Crippen molar-refractivity contribution >= 4 is 22.0 Å². The lowest BCUT2D eigenvalue weighted by molar-refractivity contribution is 0.0177. The van der Waals surface area contributed by atoms with E-state index in [4.69, 9.17) is 9.47 Å². The quantitative estimate of drug-likeness (QED) is 0.808. The molecule has 6 heteroatoms. The number of rotatable bonds is 3. The summed E-state index contributed by atoms with van der Waals surface area (Å²) in [4.78, 5) is 14.2. The van der Waals surface area contributed by atoms with Gasteiger partial charge in [0.05, 0.1) is 6.04 Å². The smallest absolute Gasteiger partial charge is 0.410 e. The van der Waals surface area contributed by atoms with Crippen LogP contribution in [0, 0.1) is 5.41 Å². The number of carbonyl (C=O) groups excluding carboxylic acids is 1. The molecule has 134 valence electrons. The minimum Gasteiger partial charge on any atom is -0.507 e. The zero-order chi connectivity index (χ0) is 18.1. The van der Waals surface area contributed by atoms with Crippen LogP contribution in [0.4, 0.5) is 4.79 Å². The number of likely N-dealkylation sites (tertiary alicyclic amines) is 1. The van der Waals surface area contributed by atoms with Crippen LogP contribution in [0.3, 0.4) is 0 Å². The lowest BCUT2D eigenvalue weighted by atomic mass is 9.91. The molecule has 0 aromatic heterocycles. The maximum atomic E-state index is 12.5. The van der Waals surface area contributed by atoms with E-state index < -0.39 is 5.60 Å². The molecule has 1 aromatic carbocycles. The summed E-state index contributed by atoms with van der Waals surface area (Å²) in [5.74, 6) is 0.687. The van der Waals surface area contributed by atoms with Gasteiger partial charge in [0.15, 0.2) is 0 Å². The summed E-state index contributed by atoms with van der Waals surface area (Å²) in [6, 6.07) is 5.02. The van der Waals surface area contributed by atoms with E-state index in [9.17, 15) is 9.90 Å². The van der Waals surface area contributed by atoms with E-state index in [2.05, 4.69) is 29.8 Å². The number of hydrogen-bond acceptors (Lipinski definition) is 4. The van der Waals surface area contributed by atoms with Crippen LogP contribution >= 0.6 is 15.9 Å². The molecule has 0 unspecified atom stereocenters. The Bertz CT molecular complexity index is 610. The van der Waals surface area contributed by atoms with Gasteiger partial charge in [0.2, 0.25) is 0 Å². The highest BCUT2D eigenvalue weighted by atomic mass is 79.9. The minimum atomic E-state index is -0.524. The Labute approximate surface area is 152 Å². The first-order valence-electron chi connectivity index (χ1n) is 8.08. The van der Waals surface area contributed by atoms with E-state index in [-0.39, 0.29) is 23.3 Å². The van der Waals surface area contributed by atoms with Gasteiger partial charge in [-0.1, -0.05) is 19.9 Å². The van der Waals surface area contributed by atoms with Gasteiger partial charge in [-0.2, -0.15) is 0 Å². The van der Waals surface area contributed by atoms with Crippen LogP contribution < -0.4 is 4.74 Å². The fourth-order valence-corrected chi connectivity index (χ4v) is 3.26. The number of aromatic hydroxyl groups is 1. The second-order valence-electron chi connectivity index (χ2n) is 8.03. The van der Waals surface area contributed by atoms with E-state index in [0.717, 1.165) is 6.42 Å². The van der Waals surface area contributed by atoms with Gasteiger partial charge in [-0.05, 0) is 60.7 Å². The van der Waals surface area contributed by atoms with E-state index in [0.29, 0.717) is 23.4 Å². The van der Waals surface area contributed by atoms with Crippen molar-refractivity contribution in [2.45, 2.75) is 52.7 Å². The number of amides is 1. The molecule has 1 fully saturated rings. The zero-order valence-corrected chi connectivity index (χ0v) is 16.5. The minimum absolute atomic E-state index is 0.0149. The van der Waals surface area contributed by atoms with Crippen molar-refractivity contribution < 1.29 is 19.4 Å². The van der Waals surface area contributed by atoms with Crippen LogP contribution in [0.5, 0.6) is 11.5 Å². The monoisotopic (exact) mass is 399 g/mol. The molecule has 1 saturated heterocycles. The van der Waals surface area contributed by atoms with Crippen molar-refractivity contribution in [3.8, 4) is 11.5 Å². The largest absolute Gasteiger partial charge is 0.507 e. The molecule has 1 aliphatic rings. The number of phenols is 1. The van der Waals surface area contributed by atoms with Gasteiger partial charge in [0, 0.05) is 6.54 Å². The first kappa shape index (κ1) is 18.9. The van der Waals surface area contributed by atoms with Gasteiger partial charge >= 0.3 is 6.09 Å². The van der Waals surface area contributed by atoms with Crippen molar-refractivity contribution in [2.24, 2.45) is 5.41 Å². The first-order chi connectivity index (χ1) is 11.0. The number of halogens is 1. The fourth-order valence-electron chi connectivity index (χ4n) is 2.88. The third kappa shape index (κ3) is 4.79. The van der Waals surface area contributed by atoms with E-state index >= 15 is 0 Å². The highest BCUT2D eigenvalue weighted by Gasteiger charge is 2.42. The number of ether oxygens (including phenoxy) is 2. The molecular weight excluding hydrogens is 374 g/mol. The molecule has 0 saturated carbocycles. The van der Waals surface area contributed by atoms with Gasteiger partial charge in [-0.15, -0.1) is 0 Å². The Kier molecular flexibility index (Phi) is 5.37. The van der Waals surface area contributed by atoms with Crippen LogP contribution in [0.15, 0.2) is 22.7 Å². The molecule has 1 amide bonds. The van der Waals surface area contributed by atoms with Crippen molar-refractivity contribution in [1.82, 2.24) is 4.90 Å². The van der Waals surface area contributed by atoms with Crippen LogP contribution in [-0.4, -0.2) is 40.9 Å². The molecule has 5 nitrogen and oxygen atoms in total. The summed E-state index contributed by atoms with van der Waals surface area (Å²) in [6.07, 6.45) is 0.527. The molecule has 0 bridgehead atoms. The summed E-state index contributed by atoms with van der Waals surface area (Å²) in [7, 11) is 0. The third-order valence-corrected chi connectivity index (χ3v) is 4.63. The molecule has 1 aliphatic heterocycles. The Morgan fingerprint density at radius 3 is 2.71 bits per heavy atom. The Hall–Kier alpha value is -1.43. The normalized spacial score (nSPS) is 20.1. The molecule has 24 heavy (non-hydrogen) atoms. The maximum absolute atomic E-state index is 12.5. The maximum Gasteiger partial charge on any atom is 0.410 e. The molecule has 0 aliphatic carbocycles. The number of carbonyl (C=O) groups is 1. The summed E-state index contributed by atoms with van der Waals surface area (Å²) in [6.45, 7) is 10.8. The van der Waals surface area contributed by atoms with Gasteiger partial charge in [0.25, 0.3) is 0 Å². The molecular formula is C18H26BrNO4. The lowest BCUT2D eigenvalue weighted by Gasteiger charge is -2.28. The van der Waals surface area contributed by atoms with Crippen LogP contribution in [0.25, 0.3) is 0 Å². The van der Waals surface area contributed by atoms with Gasteiger partial charge in [-0.3, -0.25) is 0 Å². The number of phenolic OH excluding ortho intramolecular Hbond substituents is 1. The molecule has 0 spiro atoms. The third-order valence-electron chi connectivity index (χ3n) is 3.83. The summed E-state index contributed by atoms with van der Waals surface area (Å²) in [5, 5.41) is 9.73. The molecule has 1 N–H and O–H groups in total. The van der Waals surface area contributed by atoms with Crippen molar-refractivity contribution in [2.75, 3.05) is 13.2 Å². The standard InChI is InChI=1S/C18H26BrNO4/c1-17(2,3)24-16(22)20-11-18(4,5)9-12(20)10-23-14-8-6-7-13(21)15(14)19/h6-8,12,21H,9-11H2,1-5H3/t12-/m0/s1. The summed E-state index contributed by atoms with van der Waals surface area (Å²) in [5.41, 5.74) is -0.509. The predicted octanol–water partition coefficient (Wildman–Crippen LogP) is 4.57. The van der Waals surface area contributed by atoms with Crippen LogP contribution in [0.2, 0.25) is 0 Å². The fraction of sp³-hybridized carbons (Fsp3) is 0.611. The topological polar surface area (TPSA) is 59.0 Å². The predicted molar refractivity (Wildman–Crippen MR) is 96.4 cm³/mol. The average molecular weight is 400 g/mol. The van der Waals surface area contributed by atoms with Crippen molar-refractivity contribution in [3.05, 3.63) is 22.7 Å². The molecule has 1 atom stereocenters. The highest BCUT2D eigenvalue weighted by Crippen LogP contribution is 2.37. The second kappa shape index (κ2) is 6.82. The van der Waals surface area contributed by atoms with Gasteiger partial charge < -0.3 is 19.5 Å². The molecule has 2 rings (SSSR count). The van der Waals surface area contributed by atoms with E-state index in [1.54, 1.807) is 23.1 Å². The summed E-state index contributed by atoms with van der Waals surface area (Å²) >= 11 is 3.32. The Morgan fingerprint density at radius 2 is 2.08 bits per heavy atom. The number of benzene rings is 1. The Balaban J connectivity index is 2.08. The SMILES string of the molecule is CC1(C)C[C@@H](COc2cccc(O)c2Br)N(C(=O)OC(C)(C)C)C1. The lowest BCUT2D eigenvalue weighted by Crippen LogP contribution is -2.42. The first-order valence-corrected chi connectivity index (χ1v) is 8.88.